The maximum atomic E-state index is 12.6. The lowest BCUT2D eigenvalue weighted by Crippen LogP contribution is -2.34. The quantitative estimate of drug-likeness (QED) is 0.928. The zero-order chi connectivity index (χ0) is 16.5. The predicted molar refractivity (Wildman–Crippen MR) is 95.0 cm³/mol. The second kappa shape index (κ2) is 6.51. The highest BCUT2D eigenvalue weighted by atomic mass is 32.1. The summed E-state index contributed by atoms with van der Waals surface area (Å²) >= 11 is 1.72. The molecule has 6 heteroatoms. The topological polar surface area (TPSA) is 58.1 Å². The largest absolute Gasteiger partial charge is 0.366 e. The van der Waals surface area contributed by atoms with Gasteiger partial charge in [0.25, 0.3) is 0 Å². The Morgan fingerprint density at radius 3 is 3.00 bits per heavy atom. The molecule has 0 radical (unpaired) electrons. The second-order valence-corrected chi connectivity index (χ2v) is 8.20. The number of anilines is 1. The Kier molecular flexibility index (Phi) is 4.22. The fourth-order valence-electron chi connectivity index (χ4n) is 4.05. The third-order valence-corrected chi connectivity index (χ3v) is 6.23. The van der Waals surface area contributed by atoms with Gasteiger partial charge in [-0.2, -0.15) is 0 Å². The molecule has 0 bridgehead atoms. The number of fused-ring (bicyclic) bond motifs is 1. The average molecular weight is 342 g/mol. The van der Waals surface area contributed by atoms with Crippen LogP contribution in [-0.4, -0.2) is 39.9 Å². The van der Waals surface area contributed by atoms with Gasteiger partial charge in [0, 0.05) is 47.2 Å². The van der Waals surface area contributed by atoms with E-state index in [2.05, 4.69) is 39.2 Å². The summed E-state index contributed by atoms with van der Waals surface area (Å²) in [6, 6.07) is 4.56. The van der Waals surface area contributed by atoms with Crippen LogP contribution in [0.4, 0.5) is 5.82 Å². The van der Waals surface area contributed by atoms with Gasteiger partial charge in [-0.15, -0.1) is 11.3 Å². The highest BCUT2D eigenvalue weighted by Crippen LogP contribution is 2.39. The van der Waals surface area contributed by atoms with Crippen LogP contribution in [0, 0.1) is 18.8 Å². The van der Waals surface area contributed by atoms with E-state index >= 15 is 0 Å². The molecule has 3 heterocycles. The summed E-state index contributed by atoms with van der Waals surface area (Å²) in [5, 5.41) is 3.52. The molecule has 1 aliphatic carbocycles. The van der Waals surface area contributed by atoms with E-state index in [1.807, 2.05) is 0 Å². The number of nitrogens with zero attached hydrogens (tertiary/aromatic N) is 3. The molecule has 24 heavy (non-hydrogen) atoms. The molecule has 1 saturated heterocycles. The summed E-state index contributed by atoms with van der Waals surface area (Å²) in [4.78, 5) is 25.5. The predicted octanol–water partition coefficient (Wildman–Crippen LogP) is 2.74. The molecule has 3 atom stereocenters. The molecule has 4 rings (SSSR count). The van der Waals surface area contributed by atoms with Gasteiger partial charge in [0.1, 0.15) is 5.82 Å². The van der Waals surface area contributed by atoms with Crippen LogP contribution in [0.25, 0.3) is 0 Å². The van der Waals surface area contributed by atoms with Gasteiger partial charge in [0.15, 0.2) is 0 Å². The minimum Gasteiger partial charge on any atom is -0.366 e. The number of thiophene rings is 1. The molecule has 2 aromatic rings. The molecule has 0 aromatic carbocycles. The van der Waals surface area contributed by atoms with Crippen LogP contribution in [-0.2, 0) is 11.2 Å². The molecule has 1 aliphatic heterocycles. The zero-order valence-electron chi connectivity index (χ0n) is 13.8. The third kappa shape index (κ3) is 3.15. The van der Waals surface area contributed by atoms with Crippen LogP contribution in [0.2, 0.25) is 0 Å². The van der Waals surface area contributed by atoms with E-state index in [0.29, 0.717) is 24.3 Å². The molecule has 0 unspecified atom stereocenters. The van der Waals surface area contributed by atoms with Crippen LogP contribution in [0.3, 0.4) is 0 Å². The number of hydrogen-bond acceptors (Lipinski definition) is 5. The van der Waals surface area contributed by atoms with Crippen molar-refractivity contribution in [3.63, 3.8) is 0 Å². The van der Waals surface area contributed by atoms with Crippen molar-refractivity contribution in [2.75, 3.05) is 18.4 Å². The summed E-state index contributed by atoms with van der Waals surface area (Å²) in [6.45, 7) is 3.86. The maximum Gasteiger partial charge on any atom is 0.227 e. The number of amides is 1. The second-order valence-electron chi connectivity index (χ2n) is 6.83. The monoisotopic (exact) mass is 342 g/mol. The normalized spacial score (nSPS) is 25.7. The lowest BCUT2D eigenvalue weighted by molar-refractivity contribution is -0.129. The van der Waals surface area contributed by atoms with Gasteiger partial charge in [-0.25, -0.2) is 4.98 Å². The molecular formula is C18H22N4OS. The first-order valence-corrected chi connectivity index (χ1v) is 9.36. The van der Waals surface area contributed by atoms with Gasteiger partial charge in [-0.05, 0) is 37.8 Å². The fourth-order valence-corrected chi connectivity index (χ4v) is 4.93. The van der Waals surface area contributed by atoms with E-state index in [-0.39, 0.29) is 5.91 Å². The van der Waals surface area contributed by atoms with Crippen molar-refractivity contribution in [1.82, 2.24) is 14.9 Å². The van der Waals surface area contributed by atoms with Crippen LogP contribution in [0.15, 0.2) is 30.7 Å². The van der Waals surface area contributed by atoms with E-state index in [1.54, 1.807) is 29.9 Å². The summed E-state index contributed by atoms with van der Waals surface area (Å²) in [7, 11) is 0. The van der Waals surface area contributed by atoms with Crippen molar-refractivity contribution in [1.29, 1.82) is 0 Å². The number of hydrogen-bond donors (Lipinski definition) is 1. The number of aryl methyl sites for hydroxylation is 1. The molecule has 1 N–H and O–H groups in total. The van der Waals surface area contributed by atoms with Crippen LogP contribution in [0.1, 0.15) is 22.6 Å². The maximum absolute atomic E-state index is 12.6. The number of rotatable bonds is 4. The Labute approximate surface area is 146 Å². The Hall–Kier alpha value is -1.95. The van der Waals surface area contributed by atoms with Crippen molar-refractivity contribution in [3.8, 4) is 0 Å². The molecule has 0 spiro atoms. The Balaban J connectivity index is 1.37. The van der Waals surface area contributed by atoms with Crippen molar-refractivity contribution in [3.05, 3.63) is 40.5 Å². The summed E-state index contributed by atoms with van der Waals surface area (Å²) in [5.41, 5.74) is 0. The van der Waals surface area contributed by atoms with Gasteiger partial charge < -0.3 is 10.2 Å². The summed E-state index contributed by atoms with van der Waals surface area (Å²) < 4.78 is 0. The van der Waals surface area contributed by atoms with E-state index in [9.17, 15) is 4.79 Å². The number of carbonyl (C=O) groups is 1. The van der Waals surface area contributed by atoms with Gasteiger partial charge in [-0.1, -0.05) is 0 Å². The molecule has 2 fully saturated rings. The number of carbonyl (C=O) groups excluding carboxylic acids is 1. The fraction of sp³-hybridized carbons (Fsp3) is 0.500. The highest BCUT2D eigenvalue weighted by Gasteiger charge is 2.44. The minimum atomic E-state index is 0.268. The summed E-state index contributed by atoms with van der Waals surface area (Å²) in [6.07, 6.45) is 8.04. The molecule has 5 nitrogen and oxygen atoms in total. The van der Waals surface area contributed by atoms with Crippen molar-refractivity contribution >= 4 is 23.1 Å². The van der Waals surface area contributed by atoms with E-state index < -0.39 is 0 Å². The van der Waals surface area contributed by atoms with E-state index in [1.165, 1.54) is 16.2 Å². The van der Waals surface area contributed by atoms with Gasteiger partial charge in [0.2, 0.25) is 5.91 Å². The Morgan fingerprint density at radius 2 is 2.25 bits per heavy atom. The first-order chi connectivity index (χ1) is 11.7. The zero-order valence-corrected chi connectivity index (χ0v) is 14.6. The standard InChI is InChI=1S/C18H22N4OS/c1-12-2-4-14(24-12)8-18(23)22-10-13-3-5-16(15(13)11-22)21-17-9-19-6-7-20-17/h2,4,6-7,9,13,15-16H,3,5,8,10-11H2,1H3,(H,20,21)/t13-,15+,16-/m1/s1. The first-order valence-electron chi connectivity index (χ1n) is 8.54. The Bertz CT molecular complexity index is 717. The smallest absolute Gasteiger partial charge is 0.227 e. The minimum absolute atomic E-state index is 0.268. The lowest BCUT2D eigenvalue weighted by atomic mass is 9.98. The first kappa shape index (κ1) is 15.6. The number of nitrogens with one attached hydrogen (secondary N) is 1. The molecule has 2 aliphatic rings. The van der Waals surface area contributed by atoms with Crippen molar-refractivity contribution < 1.29 is 4.79 Å². The molecule has 1 saturated carbocycles. The molecule has 2 aromatic heterocycles. The Morgan fingerprint density at radius 1 is 1.33 bits per heavy atom. The molecule has 1 amide bonds. The SMILES string of the molecule is Cc1ccc(CC(=O)N2C[C@H]3CC[C@@H](Nc4cnccn4)[C@H]3C2)s1. The van der Waals surface area contributed by atoms with E-state index in [4.69, 9.17) is 0 Å². The van der Waals surface area contributed by atoms with Crippen LogP contribution < -0.4 is 5.32 Å². The van der Waals surface area contributed by atoms with Crippen molar-refractivity contribution in [2.45, 2.75) is 32.2 Å². The highest BCUT2D eigenvalue weighted by molar-refractivity contribution is 7.12. The van der Waals surface area contributed by atoms with Gasteiger partial charge in [0.05, 0.1) is 12.6 Å². The summed E-state index contributed by atoms with van der Waals surface area (Å²) in [5.74, 6) is 2.25. The number of likely N-dealkylation sites (tertiary alicyclic amines) is 1. The molecule has 126 valence electrons. The number of aromatic nitrogens is 2. The third-order valence-electron chi connectivity index (χ3n) is 5.23. The lowest BCUT2D eigenvalue weighted by Gasteiger charge is -2.22. The van der Waals surface area contributed by atoms with Gasteiger partial charge in [-0.3, -0.25) is 9.78 Å². The molecular weight excluding hydrogens is 320 g/mol. The van der Waals surface area contributed by atoms with Gasteiger partial charge >= 0.3 is 0 Å². The van der Waals surface area contributed by atoms with Crippen LogP contribution in [0.5, 0.6) is 0 Å². The van der Waals surface area contributed by atoms with Crippen LogP contribution >= 0.6 is 11.3 Å². The van der Waals surface area contributed by atoms with Crippen molar-refractivity contribution in [2.24, 2.45) is 11.8 Å². The average Bonchev–Trinajstić information content (AvgIpc) is 3.26. The van der Waals surface area contributed by atoms with E-state index in [0.717, 1.165) is 25.3 Å².